The van der Waals surface area contributed by atoms with Crippen molar-refractivity contribution in [3.05, 3.63) is 95.6 Å². The number of benzene rings is 2. The van der Waals surface area contributed by atoms with Crippen molar-refractivity contribution in [3.63, 3.8) is 0 Å². The number of hydrogen-bond acceptors (Lipinski definition) is 1. The molecule has 0 atom stereocenters. The summed E-state index contributed by atoms with van der Waals surface area (Å²) in [6.07, 6.45) is 12.2. The molecule has 0 amide bonds. The van der Waals surface area contributed by atoms with Gasteiger partial charge in [0, 0.05) is 0 Å². The van der Waals surface area contributed by atoms with Gasteiger partial charge in [-0.3, -0.25) is 0 Å². The normalized spacial score (nSPS) is 11.5. The first-order valence-electron chi connectivity index (χ1n) is 7.45. The zero-order valence-electron chi connectivity index (χ0n) is 13.0. The topological polar surface area (TPSA) is 64.4 Å². The Morgan fingerprint density at radius 1 is 0.739 bits per heavy atom. The number of aliphatic imine (C=N–C) groups is 1. The molecular weight excluding hydrogens is 282 g/mol. The van der Waals surface area contributed by atoms with Crippen molar-refractivity contribution in [2.45, 2.75) is 6.54 Å². The lowest BCUT2D eigenvalue weighted by Gasteiger charge is -1.98. The van der Waals surface area contributed by atoms with Crippen LogP contribution in [0.5, 0.6) is 0 Å². The van der Waals surface area contributed by atoms with Crippen LogP contribution >= 0.6 is 0 Å². The standard InChI is InChI=1S/C20H21N3/c21-20(22)23-16-19-14-12-18(13-15-19)11-5-2-1-4-8-17-9-6-3-7-10-17/h1-15H,16H2,(H4,21,22,23)/b2-1+,8-4+,11-5+. The monoisotopic (exact) mass is 303 g/mol. The Labute approximate surface area is 137 Å². The molecule has 0 heterocycles. The molecule has 23 heavy (non-hydrogen) atoms. The van der Waals surface area contributed by atoms with Gasteiger partial charge in [-0.25, -0.2) is 4.99 Å². The van der Waals surface area contributed by atoms with Crippen LogP contribution in [0.2, 0.25) is 0 Å². The first-order chi connectivity index (χ1) is 11.2. The lowest BCUT2D eigenvalue weighted by molar-refractivity contribution is 1.05. The van der Waals surface area contributed by atoms with Crippen molar-refractivity contribution in [2.24, 2.45) is 16.5 Å². The molecule has 3 nitrogen and oxygen atoms in total. The Balaban J connectivity index is 1.84. The lowest BCUT2D eigenvalue weighted by Crippen LogP contribution is -2.22. The molecule has 0 radical (unpaired) electrons. The zero-order chi connectivity index (χ0) is 16.3. The Kier molecular flexibility index (Phi) is 6.42. The summed E-state index contributed by atoms with van der Waals surface area (Å²) >= 11 is 0. The van der Waals surface area contributed by atoms with Crippen LogP contribution in [0.4, 0.5) is 0 Å². The van der Waals surface area contributed by atoms with Gasteiger partial charge in [-0.2, -0.15) is 0 Å². The third kappa shape index (κ3) is 6.48. The summed E-state index contributed by atoms with van der Waals surface area (Å²) in [5, 5.41) is 0. The van der Waals surface area contributed by atoms with Crippen LogP contribution in [-0.4, -0.2) is 5.96 Å². The van der Waals surface area contributed by atoms with Gasteiger partial charge in [-0.05, 0) is 16.7 Å². The van der Waals surface area contributed by atoms with Gasteiger partial charge in [0.1, 0.15) is 0 Å². The van der Waals surface area contributed by atoms with Gasteiger partial charge in [-0.15, -0.1) is 0 Å². The zero-order valence-corrected chi connectivity index (χ0v) is 13.0. The van der Waals surface area contributed by atoms with Crippen molar-refractivity contribution >= 4 is 18.1 Å². The predicted octanol–water partition coefficient (Wildman–Crippen LogP) is 3.74. The lowest BCUT2D eigenvalue weighted by atomic mass is 10.1. The number of nitrogens with two attached hydrogens (primary N) is 2. The van der Waals surface area contributed by atoms with E-state index in [-0.39, 0.29) is 5.96 Å². The van der Waals surface area contributed by atoms with Gasteiger partial charge in [0.2, 0.25) is 0 Å². The number of rotatable bonds is 6. The molecule has 0 aromatic heterocycles. The molecular formula is C20H21N3. The van der Waals surface area contributed by atoms with Crippen molar-refractivity contribution in [1.29, 1.82) is 0 Å². The number of nitrogens with zero attached hydrogens (tertiary/aromatic N) is 1. The van der Waals surface area contributed by atoms with Gasteiger partial charge in [0.25, 0.3) is 0 Å². The molecule has 0 aliphatic heterocycles. The highest BCUT2D eigenvalue weighted by atomic mass is 15.0. The molecule has 0 aliphatic rings. The molecule has 3 heteroatoms. The summed E-state index contributed by atoms with van der Waals surface area (Å²) in [6.45, 7) is 0.510. The van der Waals surface area contributed by atoms with Crippen LogP contribution < -0.4 is 11.5 Å². The Hall–Kier alpha value is -3.07. The Morgan fingerprint density at radius 3 is 1.87 bits per heavy atom. The third-order valence-electron chi connectivity index (χ3n) is 3.13. The maximum atomic E-state index is 5.32. The molecule has 2 rings (SSSR count). The number of allylic oxidation sites excluding steroid dienone is 4. The Bertz CT molecular complexity index is 704. The largest absolute Gasteiger partial charge is 0.370 e. The van der Waals surface area contributed by atoms with Gasteiger partial charge in [0.05, 0.1) is 6.54 Å². The minimum atomic E-state index is 0.114. The predicted molar refractivity (Wildman–Crippen MR) is 99.6 cm³/mol. The first kappa shape index (κ1) is 16.3. The second-order valence-electron chi connectivity index (χ2n) is 5.00. The van der Waals surface area contributed by atoms with Crippen LogP contribution in [0.1, 0.15) is 16.7 Å². The van der Waals surface area contributed by atoms with E-state index in [4.69, 9.17) is 11.5 Å². The van der Waals surface area contributed by atoms with E-state index in [9.17, 15) is 0 Å². The summed E-state index contributed by atoms with van der Waals surface area (Å²) in [6, 6.07) is 18.3. The average Bonchev–Trinajstić information content (AvgIpc) is 2.58. The smallest absolute Gasteiger partial charge is 0.186 e. The van der Waals surface area contributed by atoms with Crippen LogP contribution in [0.25, 0.3) is 12.2 Å². The summed E-state index contributed by atoms with van der Waals surface area (Å²) < 4.78 is 0. The molecule has 2 aromatic carbocycles. The average molecular weight is 303 g/mol. The van der Waals surface area contributed by atoms with Gasteiger partial charge >= 0.3 is 0 Å². The molecule has 0 saturated heterocycles. The third-order valence-corrected chi connectivity index (χ3v) is 3.13. The Morgan fingerprint density at radius 2 is 1.30 bits per heavy atom. The van der Waals surface area contributed by atoms with Gasteiger partial charge < -0.3 is 11.5 Å². The van der Waals surface area contributed by atoms with E-state index in [1.165, 1.54) is 5.56 Å². The molecule has 0 bridgehead atoms. The molecule has 4 N–H and O–H groups in total. The number of guanidine groups is 1. The summed E-state index contributed by atoms with van der Waals surface area (Å²) in [4.78, 5) is 3.98. The van der Waals surface area contributed by atoms with E-state index in [0.717, 1.165) is 11.1 Å². The van der Waals surface area contributed by atoms with Gasteiger partial charge in [-0.1, -0.05) is 91.1 Å². The fourth-order valence-electron chi connectivity index (χ4n) is 1.94. The molecule has 116 valence electrons. The maximum Gasteiger partial charge on any atom is 0.186 e. The van der Waals surface area contributed by atoms with Crippen molar-refractivity contribution in [1.82, 2.24) is 0 Å². The SMILES string of the molecule is NC(N)=NCc1ccc(/C=C/C=C/C=C/c2ccccc2)cc1. The minimum absolute atomic E-state index is 0.114. The summed E-state index contributed by atoms with van der Waals surface area (Å²) in [5.74, 6) is 0.114. The molecule has 0 fully saturated rings. The maximum absolute atomic E-state index is 5.32. The molecule has 0 aliphatic carbocycles. The van der Waals surface area contributed by atoms with Crippen LogP contribution in [-0.2, 0) is 6.54 Å². The molecule has 2 aromatic rings. The van der Waals surface area contributed by atoms with E-state index >= 15 is 0 Å². The van der Waals surface area contributed by atoms with Crippen molar-refractivity contribution < 1.29 is 0 Å². The fraction of sp³-hybridized carbons (Fsp3) is 0.0500. The number of hydrogen-bond donors (Lipinski definition) is 2. The van der Waals surface area contributed by atoms with E-state index < -0.39 is 0 Å². The van der Waals surface area contributed by atoms with Crippen molar-refractivity contribution in [3.8, 4) is 0 Å². The van der Waals surface area contributed by atoms with E-state index in [0.29, 0.717) is 6.54 Å². The second kappa shape index (κ2) is 9.05. The fourth-order valence-corrected chi connectivity index (χ4v) is 1.94. The molecule has 0 spiro atoms. The highest BCUT2D eigenvalue weighted by molar-refractivity contribution is 5.75. The molecule has 0 unspecified atom stereocenters. The molecule has 0 saturated carbocycles. The quantitative estimate of drug-likeness (QED) is 0.485. The summed E-state index contributed by atoms with van der Waals surface area (Å²) in [7, 11) is 0. The minimum Gasteiger partial charge on any atom is -0.370 e. The second-order valence-corrected chi connectivity index (χ2v) is 5.00. The van der Waals surface area contributed by atoms with E-state index in [1.54, 1.807) is 0 Å². The van der Waals surface area contributed by atoms with Crippen LogP contribution in [0.15, 0.2) is 83.9 Å². The van der Waals surface area contributed by atoms with Crippen LogP contribution in [0.3, 0.4) is 0 Å². The van der Waals surface area contributed by atoms with E-state index in [2.05, 4.69) is 29.3 Å². The highest BCUT2D eigenvalue weighted by Gasteiger charge is 1.91. The van der Waals surface area contributed by atoms with E-state index in [1.807, 2.05) is 66.8 Å². The van der Waals surface area contributed by atoms with Crippen LogP contribution in [0, 0.1) is 0 Å². The van der Waals surface area contributed by atoms with Gasteiger partial charge in [0.15, 0.2) is 5.96 Å². The summed E-state index contributed by atoms with van der Waals surface area (Å²) in [5.41, 5.74) is 14.0. The van der Waals surface area contributed by atoms with Crippen molar-refractivity contribution in [2.75, 3.05) is 0 Å². The first-order valence-corrected chi connectivity index (χ1v) is 7.45. The highest BCUT2D eigenvalue weighted by Crippen LogP contribution is 2.07.